The van der Waals surface area contributed by atoms with Gasteiger partial charge in [-0.3, -0.25) is 4.79 Å². The largest absolute Gasteiger partial charge is 0.449 e. The van der Waals surface area contributed by atoms with Crippen molar-refractivity contribution in [1.82, 2.24) is 10.2 Å². The summed E-state index contributed by atoms with van der Waals surface area (Å²) in [6.45, 7) is 16.0. The number of amides is 2. The van der Waals surface area contributed by atoms with E-state index in [2.05, 4.69) is 48.8 Å². The van der Waals surface area contributed by atoms with Crippen molar-refractivity contribution in [2.24, 2.45) is 5.41 Å². The lowest BCUT2D eigenvalue weighted by molar-refractivity contribution is -0.137. The molecular weight excluding hydrogens is 464 g/mol. The highest BCUT2D eigenvalue weighted by atomic mass is 16.5. The van der Waals surface area contributed by atoms with Gasteiger partial charge in [-0.15, -0.1) is 6.58 Å². The van der Waals surface area contributed by atoms with E-state index in [1.807, 2.05) is 56.9 Å². The van der Waals surface area contributed by atoms with Gasteiger partial charge in [-0.25, -0.2) is 4.79 Å². The van der Waals surface area contributed by atoms with Crippen LogP contribution in [0.2, 0.25) is 0 Å². The average Bonchev–Trinajstić information content (AvgIpc) is 3.24. The number of rotatable bonds is 9. The zero-order valence-corrected chi connectivity index (χ0v) is 22.8. The fourth-order valence-corrected chi connectivity index (χ4v) is 4.89. The SMILES string of the molecule is C=CCCOC(=O)N[C@H](C(=O)N1C[C@](OC)(c2cccc(-c3cccc(C=C)c3)c2)C[C@H]1C)C(C)(C)C. The zero-order chi connectivity index (χ0) is 27.2. The third-order valence-corrected chi connectivity index (χ3v) is 7.03. The van der Waals surface area contributed by atoms with Crippen LogP contribution in [0.3, 0.4) is 0 Å². The maximum absolute atomic E-state index is 13.8. The highest BCUT2D eigenvalue weighted by Gasteiger charge is 2.48. The summed E-state index contributed by atoms with van der Waals surface area (Å²) in [5.74, 6) is -0.144. The molecule has 1 saturated heterocycles. The second-order valence-electron chi connectivity index (χ2n) is 10.8. The molecular formula is C31H40N2O4. The molecule has 1 fully saturated rings. The maximum atomic E-state index is 13.8. The van der Waals surface area contributed by atoms with E-state index in [4.69, 9.17) is 9.47 Å². The van der Waals surface area contributed by atoms with E-state index in [-0.39, 0.29) is 18.6 Å². The van der Waals surface area contributed by atoms with Crippen molar-refractivity contribution in [1.29, 1.82) is 0 Å². The Morgan fingerprint density at radius 3 is 2.46 bits per heavy atom. The Kier molecular flexibility index (Phi) is 8.98. The number of benzene rings is 2. The smallest absolute Gasteiger partial charge is 0.407 e. The lowest BCUT2D eigenvalue weighted by atomic mass is 9.85. The summed E-state index contributed by atoms with van der Waals surface area (Å²) in [5.41, 5.74) is 3.07. The monoisotopic (exact) mass is 504 g/mol. The third kappa shape index (κ3) is 6.50. The van der Waals surface area contributed by atoms with E-state index in [9.17, 15) is 9.59 Å². The first-order valence-electron chi connectivity index (χ1n) is 12.8. The number of hydrogen-bond donors (Lipinski definition) is 1. The molecule has 1 N–H and O–H groups in total. The van der Waals surface area contributed by atoms with Crippen molar-refractivity contribution in [2.75, 3.05) is 20.3 Å². The number of carbonyl (C=O) groups excluding carboxylic acids is 2. The van der Waals surface area contributed by atoms with Crippen molar-refractivity contribution in [3.05, 3.63) is 78.9 Å². The molecule has 0 aliphatic carbocycles. The predicted molar refractivity (Wildman–Crippen MR) is 149 cm³/mol. The Morgan fingerprint density at radius 1 is 1.16 bits per heavy atom. The van der Waals surface area contributed by atoms with Gasteiger partial charge < -0.3 is 19.7 Å². The Hall–Kier alpha value is -3.38. The summed E-state index contributed by atoms with van der Waals surface area (Å²) in [6, 6.07) is 15.7. The number of nitrogens with zero attached hydrogens (tertiary/aromatic N) is 1. The van der Waals surface area contributed by atoms with E-state index in [0.29, 0.717) is 19.4 Å². The molecule has 0 radical (unpaired) electrons. The Bertz CT molecular complexity index is 1140. The highest BCUT2D eigenvalue weighted by molar-refractivity contribution is 5.87. The van der Waals surface area contributed by atoms with Crippen LogP contribution in [0.15, 0.2) is 67.8 Å². The van der Waals surface area contributed by atoms with Crippen LogP contribution < -0.4 is 5.32 Å². The number of methoxy groups -OCH3 is 1. The van der Waals surface area contributed by atoms with Gasteiger partial charge in [-0.1, -0.05) is 75.9 Å². The van der Waals surface area contributed by atoms with Gasteiger partial charge in [0.15, 0.2) is 0 Å². The summed E-state index contributed by atoms with van der Waals surface area (Å²) in [5, 5.41) is 2.80. The van der Waals surface area contributed by atoms with Crippen LogP contribution in [0.1, 0.15) is 51.7 Å². The minimum Gasteiger partial charge on any atom is -0.449 e. The van der Waals surface area contributed by atoms with Gasteiger partial charge in [-0.2, -0.15) is 0 Å². The second-order valence-corrected chi connectivity index (χ2v) is 10.8. The summed E-state index contributed by atoms with van der Waals surface area (Å²) in [6.07, 6.45) is 4.11. The molecule has 3 atom stereocenters. The molecule has 6 heteroatoms. The van der Waals surface area contributed by atoms with E-state index >= 15 is 0 Å². The Morgan fingerprint density at radius 2 is 1.84 bits per heavy atom. The van der Waals surface area contributed by atoms with Gasteiger partial charge in [0.1, 0.15) is 11.6 Å². The molecule has 2 amide bonds. The lowest BCUT2D eigenvalue weighted by Crippen LogP contribution is -2.56. The summed E-state index contributed by atoms with van der Waals surface area (Å²) >= 11 is 0. The molecule has 0 aromatic heterocycles. The zero-order valence-electron chi connectivity index (χ0n) is 22.8. The van der Waals surface area contributed by atoms with Crippen molar-refractivity contribution in [3.63, 3.8) is 0 Å². The number of ether oxygens (including phenoxy) is 2. The van der Waals surface area contributed by atoms with Gasteiger partial charge in [0.2, 0.25) is 5.91 Å². The molecule has 0 unspecified atom stereocenters. The summed E-state index contributed by atoms with van der Waals surface area (Å²) < 4.78 is 11.4. The Labute approximate surface area is 221 Å². The number of nitrogens with one attached hydrogen (secondary N) is 1. The molecule has 0 spiro atoms. The molecule has 6 nitrogen and oxygen atoms in total. The average molecular weight is 505 g/mol. The minimum atomic E-state index is -0.744. The molecule has 3 rings (SSSR count). The fourth-order valence-electron chi connectivity index (χ4n) is 4.89. The van der Waals surface area contributed by atoms with Crippen molar-refractivity contribution in [2.45, 2.75) is 58.2 Å². The molecule has 0 saturated carbocycles. The van der Waals surface area contributed by atoms with Crippen molar-refractivity contribution in [3.8, 4) is 11.1 Å². The fraction of sp³-hybridized carbons (Fsp3) is 0.419. The minimum absolute atomic E-state index is 0.0800. The lowest BCUT2D eigenvalue weighted by Gasteiger charge is -2.35. The van der Waals surface area contributed by atoms with Crippen LogP contribution in [0, 0.1) is 5.41 Å². The topological polar surface area (TPSA) is 67.9 Å². The summed E-state index contributed by atoms with van der Waals surface area (Å²) in [7, 11) is 1.70. The number of alkyl carbamates (subject to hydrolysis) is 1. The first-order chi connectivity index (χ1) is 17.5. The molecule has 1 aliphatic rings. The number of likely N-dealkylation sites (tertiary alicyclic amines) is 1. The van der Waals surface area contributed by atoms with Crippen LogP contribution in [0.5, 0.6) is 0 Å². The maximum Gasteiger partial charge on any atom is 0.407 e. The van der Waals surface area contributed by atoms with Gasteiger partial charge >= 0.3 is 6.09 Å². The molecule has 1 aliphatic heterocycles. The van der Waals surface area contributed by atoms with Crippen LogP contribution >= 0.6 is 0 Å². The number of hydrogen-bond acceptors (Lipinski definition) is 4. The third-order valence-electron chi connectivity index (χ3n) is 7.03. The van der Waals surface area contributed by atoms with E-state index < -0.39 is 23.2 Å². The normalized spacial score (nSPS) is 20.2. The molecule has 0 bridgehead atoms. The van der Waals surface area contributed by atoms with Gasteiger partial charge in [0, 0.05) is 19.6 Å². The quantitative estimate of drug-likeness (QED) is 0.327. The van der Waals surface area contributed by atoms with E-state index in [0.717, 1.165) is 22.3 Å². The van der Waals surface area contributed by atoms with Crippen LogP contribution in [-0.4, -0.2) is 49.2 Å². The molecule has 198 valence electrons. The summed E-state index contributed by atoms with van der Waals surface area (Å²) in [4.78, 5) is 28.1. The van der Waals surface area contributed by atoms with Crippen LogP contribution in [0.25, 0.3) is 17.2 Å². The first kappa shape index (κ1) is 28.2. The van der Waals surface area contributed by atoms with Gasteiger partial charge in [0.25, 0.3) is 0 Å². The molecule has 2 aromatic carbocycles. The first-order valence-corrected chi connectivity index (χ1v) is 12.8. The second kappa shape index (κ2) is 11.8. The highest BCUT2D eigenvalue weighted by Crippen LogP contribution is 2.41. The van der Waals surface area contributed by atoms with Gasteiger partial charge in [0.05, 0.1) is 13.2 Å². The van der Waals surface area contributed by atoms with Crippen LogP contribution in [-0.2, 0) is 19.9 Å². The van der Waals surface area contributed by atoms with Crippen LogP contribution in [0.4, 0.5) is 4.79 Å². The molecule has 1 heterocycles. The number of carbonyl (C=O) groups is 2. The van der Waals surface area contributed by atoms with Crippen molar-refractivity contribution < 1.29 is 19.1 Å². The van der Waals surface area contributed by atoms with E-state index in [1.165, 1.54) is 0 Å². The van der Waals surface area contributed by atoms with Crippen molar-refractivity contribution >= 4 is 18.1 Å². The Balaban J connectivity index is 1.87. The standard InChI is InChI=1S/C31H40N2O4/c1-8-10-17-37-29(35)32-27(30(4,5)6)28(34)33-21-31(36-7,20-22(33)3)26-16-12-15-25(19-26)24-14-11-13-23(9-2)18-24/h8-9,11-16,18-19,22,27H,1-2,10,17,20-21H2,3-7H3,(H,32,35)/t22-,27-,31+/m1/s1. The van der Waals surface area contributed by atoms with Gasteiger partial charge in [-0.05, 0) is 53.1 Å². The predicted octanol–water partition coefficient (Wildman–Crippen LogP) is 6.18. The van der Waals surface area contributed by atoms with E-state index in [1.54, 1.807) is 13.2 Å². The molecule has 37 heavy (non-hydrogen) atoms. The molecule has 2 aromatic rings.